The molecule has 5 rings (SSSR count). The summed E-state index contributed by atoms with van der Waals surface area (Å²) in [6.45, 7) is 12.7. The van der Waals surface area contributed by atoms with Gasteiger partial charge in [-0.15, -0.1) is 25.7 Å². The summed E-state index contributed by atoms with van der Waals surface area (Å²) in [7, 11) is 0. The summed E-state index contributed by atoms with van der Waals surface area (Å²) >= 11 is 0. The molecular formula is C38H48N6O2. The minimum atomic E-state index is -0.525. The van der Waals surface area contributed by atoms with Gasteiger partial charge in [0, 0.05) is 18.7 Å². The second kappa shape index (κ2) is 17.1. The van der Waals surface area contributed by atoms with Gasteiger partial charge in [0.2, 0.25) is 0 Å². The monoisotopic (exact) mass is 620 g/mol. The van der Waals surface area contributed by atoms with Crippen LogP contribution in [-0.4, -0.2) is 49.6 Å². The molecule has 0 unspecified atom stereocenters. The van der Waals surface area contributed by atoms with Crippen molar-refractivity contribution in [3.05, 3.63) is 82.8 Å². The molecule has 2 aromatic heterocycles. The van der Waals surface area contributed by atoms with Crippen molar-refractivity contribution in [1.29, 1.82) is 0 Å². The maximum Gasteiger partial charge on any atom is 0.410 e. The van der Waals surface area contributed by atoms with Crippen molar-refractivity contribution in [2.45, 2.75) is 85.4 Å². The zero-order valence-electron chi connectivity index (χ0n) is 28.0. The quantitative estimate of drug-likeness (QED) is 0.128. The summed E-state index contributed by atoms with van der Waals surface area (Å²) in [6, 6.07) is 15.5. The summed E-state index contributed by atoms with van der Waals surface area (Å²) in [4.78, 5) is 30.9. The zero-order chi connectivity index (χ0) is 33.7. The highest BCUT2D eigenvalue weighted by Crippen LogP contribution is 2.30. The number of aromatic amines is 2. The van der Waals surface area contributed by atoms with Crippen LogP contribution in [0.3, 0.4) is 0 Å². The van der Waals surface area contributed by atoms with Gasteiger partial charge in [0.1, 0.15) is 17.2 Å². The van der Waals surface area contributed by atoms with Gasteiger partial charge >= 0.3 is 6.09 Å². The lowest BCUT2D eigenvalue weighted by atomic mass is 9.95. The van der Waals surface area contributed by atoms with Crippen LogP contribution in [0.4, 0.5) is 4.79 Å². The molecule has 0 saturated heterocycles. The number of ether oxygens (including phenoxy) is 1. The highest BCUT2D eigenvalue weighted by Gasteiger charge is 2.24. The molecule has 4 aromatic rings. The van der Waals surface area contributed by atoms with Crippen molar-refractivity contribution >= 4 is 6.09 Å². The topological polar surface area (TPSA) is 98.9 Å². The number of nitrogens with one attached hydrogen (secondary N) is 3. The molecule has 2 aromatic carbocycles. The number of rotatable bonds is 10. The molecule has 8 nitrogen and oxygen atoms in total. The number of amides is 1. The van der Waals surface area contributed by atoms with Gasteiger partial charge in [-0.2, -0.15) is 0 Å². The highest BCUT2D eigenvalue weighted by molar-refractivity contribution is 5.70. The van der Waals surface area contributed by atoms with E-state index in [1.807, 2.05) is 27.0 Å². The minimum absolute atomic E-state index is 0.295. The number of hydrogen-bond acceptors (Lipinski definition) is 5. The van der Waals surface area contributed by atoms with Crippen LogP contribution in [0.1, 0.15) is 81.6 Å². The number of aromatic nitrogens is 4. The predicted octanol–water partition coefficient (Wildman–Crippen LogP) is 7.30. The summed E-state index contributed by atoms with van der Waals surface area (Å²) in [5.74, 6) is 1.78. The van der Waals surface area contributed by atoms with Crippen LogP contribution >= 0.6 is 0 Å². The van der Waals surface area contributed by atoms with Crippen LogP contribution in [0, 0.1) is 25.7 Å². The number of H-pyrrole nitrogens is 2. The van der Waals surface area contributed by atoms with Gasteiger partial charge in [-0.1, -0.05) is 56.3 Å². The molecule has 1 aliphatic carbocycles. The second-order valence-corrected chi connectivity index (χ2v) is 12.2. The maximum atomic E-state index is 12.8. The Bertz CT molecular complexity index is 1580. The Morgan fingerprint density at radius 3 is 2.28 bits per heavy atom. The number of nitrogens with zero attached hydrogens (tertiary/aromatic N) is 3. The molecule has 0 atom stereocenters. The average molecular weight is 621 g/mol. The summed E-state index contributed by atoms with van der Waals surface area (Å²) < 4.78 is 5.63. The number of hydrogen-bond donors (Lipinski definition) is 3. The first-order valence-corrected chi connectivity index (χ1v) is 15.9. The van der Waals surface area contributed by atoms with Crippen molar-refractivity contribution in [2.75, 3.05) is 13.1 Å². The van der Waals surface area contributed by atoms with Crippen molar-refractivity contribution in [2.24, 2.45) is 0 Å². The van der Waals surface area contributed by atoms with E-state index in [1.54, 1.807) is 4.90 Å². The van der Waals surface area contributed by atoms with Gasteiger partial charge in [-0.05, 0) is 80.8 Å². The fraction of sp³-hybridized carbons (Fsp3) is 0.395. The van der Waals surface area contributed by atoms with E-state index in [9.17, 15) is 4.79 Å². The number of terminal acetylenes is 2. The Hall–Kier alpha value is -4.79. The maximum absolute atomic E-state index is 12.8. The van der Waals surface area contributed by atoms with Crippen molar-refractivity contribution in [3.8, 4) is 48.1 Å². The molecule has 46 heavy (non-hydrogen) atoms. The van der Waals surface area contributed by atoms with Crippen LogP contribution in [0.25, 0.3) is 22.4 Å². The predicted molar refractivity (Wildman–Crippen MR) is 187 cm³/mol. The largest absolute Gasteiger partial charge is 0.444 e. The third-order valence-corrected chi connectivity index (χ3v) is 7.48. The van der Waals surface area contributed by atoms with E-state index in [0.717, 1.165) is 79.5 Å². The summed E-state index contributed by atoms with van der Waals surface area (Å²) in [5.41, 5.74) is 8.99. The van der Waals surface area contributed by atoms with Gasteiger partial charge in [-0.25, -0.2) is 14.8 Å². The molecule has 242 valence electrons. The van der Waals surface area contributed by atoms with Gasteiger partial charge in [0.05, 0.1) is 30.7 Å². The van der Waals surface area contributed by atoms with Crippen molar-refractivity contribution < 1.29 is 9.53 Å². The number of fused-ring (bicyclic) bond motifs is 2. The summed E-state index contributed by atoms with van der Waals surface area (Å²) in [6.07, 6.45) is 22.2. The SMILES string of the molecule is C#C.C#C.CCCNCc1ncc(-c2ccc(-c3ccc4c(c3)CCc3nc(CN(CCC)C(=O)OC(C)(C)C)[nH]c3C4)cc2)[nH]1. The number of imidazole rings is 2. The van der Waals surface area contributed by atoms with E-state index in [0.29, 0.717) is 13.1 Å². The molecule has 0 saturated carbocycles. The van der Waals surface area contributed by atoms with Crippen LogP contribution in [0.15, 0.2) is 48.7 Å². The molecule has 8 heteroatoms. The first-order valence-electron chi connectivity index (χ1n) is 15.9. The third-order valence-electron chi connectivity index (χ3n) is 7.48. The van der Waals surface area contributed by atoms with E-state index in [-0.39, 0.29) is 6.09 Å². The van der Waals surface area contributed by atoms with E-state index in [1.165, 1.54) is 22.3 Å². The molecule has 2 heterocycles. The lowest BCUT2D eigenvalue weighted by Crippen LogP contribution is -2.37. The van der Waals surface area contributed by atoms with E-state index >= 15 is 0 Å². The number of benzene rings is 2. The summed E-state index contributed by atoms with van der Waals surface area (Å²) in [5, 5.41) is 3.39. The standard InChI is InChI=1S/C34H44N6O2.2C2H2/c1-6-16-35-21-31-36-20-30(39-31)24-10-8-23(9-11-24)25-12-13-27-19-29-28(15-14-26(27)18-25)37-32(38-29)22-40(17-7-2)33(41)42-34(3,4)5;2*1-2/h8-13,18,20,35H,6-7,14-17,19,21-22H2,1-5H3,(H,36,39)(H,37,38);2*1-2H. The Kier molecular flexibility index (Phi) is 13.2. The molecular weight excluding hydrogens is 572 g/mol. The first-order chi connectivity index (χ1) is 22.2. The van der Waals surface area contributed by atoms with Crippen molar-refractivity contribution in [3.63, 3.8) is 0 Å². The van der Waals surface area contributed by atoms with Gasteiger partial charge in [0.25, 0.3) is 0 Å². The van der Waals surface area contributed by atoms with Crippen LogP contribution in [-0.2, 0) is 37.1 Å². The van der Waals surface area contributed by atoms with Gasteiger partial charge < -0.3 is 24.9 Å². The second-order valence-electron chi connectivity index (χ2n) is 12.2. The fourth-order valence-corrected chi connectivity index (χ4v) is 5.42. The first kappa shape index (κ1) is 35.7. The Morgan fingerprint density at radius 1 is 0.913 bits per heavy atom. The van der Waals surface area contributed by atoms with Crippen molar-refractivity contribution in [1.82, 2.24) is 30.2 Å². The Labute approximate surface area is 274 Å². The number of carbonyl (C=O) groups is 1. The van der Waals surface area contributed by atoms with Crippen LogP contribution in [0.2, 0.25) is 0 Å². The van der Waals surface area contributed by atoms with E-state index in [2.05, 4.69) is 102 Å². The highest BCUT2D eigenvalue weighted by atomic mass is 16.6. The molecule has 0 fully saturated rings. The normalized spacial score (nSPS) is 11.8. The molecule has 0 bridgehead atoms. The molecule has 0 aliphatic heterocycles. The minimum Gasteiger partial charge on any atom is -0.444 e. The fourth-order valence-electron chi connectivity index (χ4n) is 5.42. The lowest BCUT2D eigenvalue weighted by Gasteiger charge is -2.26. The smallest absolute Gasteiger partial charge is 0.410 e. The zero-order valence-corrected chi connectivity index (χ0v) is 28.0. The van der Waals surface area contributed by atoms with Crippen LogP contribution in [0.5, 0.6) is 0 Å². The Morgan fingerprint density at radius 2 is 1.61 bits per heavy atom. The van der Waals surface area contributed by atoms with Gasteiger partial charge in [-0.3, -0.25) is 0 Å². The molecule has 1 amide bonds. The molecule has 1 aliphatic rings. The number of carbonyl (C=O) groups excluding carboxylic acids is 1. The Balaban J connectivity index is 0.00000139. The van der Waals surface area contributed by atoms with Crippen LogP contribution < -0.4 is 5.32 Å². The molecule has 0 radical (unpaired) electrons. The van der Waals surface area contributed by atoms with E-state index in [4.69, 9.17) is 9.72 Å². The molecule has 0 spiro atoms. The number of aryl methyl sites for hydroxylation is 2. The van der Waals surface area contributed by atoms with Gasteiger partial charge in [0.15, 0.2) is 0 Å². The van der Waals surface area contributed by atoms with E-state index < -0.39 is 5.60 Å². The molecule has 3 N–H and O–H groups in total. The lowest BCUT2D eigenvalue weighted by molar-refractivity contribution is 0.0229. The average Bonchev–Trinajstić information content (AvgIpc) is 3.64. The third kappa shape index (κ3) is 9.60.